The Kier molecular flexibility index (Phi) is 1.99. The largest absolute Gasteiger partial charge is 0.103 e. The lowest BCUT2D eigenvalue weighted by Gasteiger charge is -1.99. The van der Waals surface area contributed by atoms with E-state index in [2.05, 4.69) is 30.8 Å². The van der Waals surface area contributed by atoms with E-state index < -0.39 is 0 Å². The zero-order chi connectivity index (χ0) is 8.39. The zero-order valence-electron chi connectivity index (χ0n) is 7.29. The molecule has 0 aliphatic heterocycles. The first-order valence-electron chi connectivity index (χ1n) is 4.60. The quantitative estimate of drug-likeness (QED) is 0.592. The van der Waals surface area contributed by atoms with Crippen LogP contribution in [-0.4, -0.2) is 0 Å². The van der Waals surface area contributed by atoms with Gasteiger partial charge in [-0.15, -0.1) is 6.58 Å². The Morgan fingerprint density at radius 2 is 1.92 bits per heavy atom. The van der Waals surface area contributed by atoms with Crippen LogP contribution in [-0.2, 0) is 6.42 Å². The first-order chi connectivity index (χ1) is 5.90. The summed E-state index contributed by atoms with van der Waals surface area (Å²) in [6.45, 7) is 3.73. The molecule has 0 heterocycles. The van der Waals surface area contributed by atoms with Gasteiger partial charge in [-0.2, -0.15) is 0 Å². The molecule has 1 saturated carbocycles. The van der Waals surface area contributed by atoms with Crippen LogP contribution in [0.1, 0.15) is 29.9 Å². The molecule has 62 valence electrons. The lowest BCUT2D eigenvalue weighted by molar-refractivity contribution is 1.12. The molecule has 0 unspecified atom stereocenters. The Hall–Kier alpha value is -1.04. The number of rotatable bonds is 3. The predicted octanol–water partition coefficient (Wildman–Crippen LogP) is 3.29. The number of benzene rings is 1. The molecule has 0 N–H and O–H groups in total. The molecule has 1 aliphatic rings. The topological polar surface area (TPSA) is 0 Å². The van der Waals surface area contributed by atoms with Gasteiger partial charge in [-0.25, -0.2) is 0 Å². The van der Waals surface area contributed by atoms with E-state index in [-0.39, 0.29) is 0 Å². The average molecular weight is 158 g/mol. The second-order valence-corrected chi connectivity index (χ2v) is 3.51. The Balaban J connectivity index is 2.12. The van der Waals surface area contributed by atoms with Crippen molar-refractivity contribution in [2.45, 2.75) is 25.2 Å². The first kappa shape index (κ1) is 7.60. The van der Waals surface area contributed by atoms with Gasteiger partial charge in [-0.1, -0.05) is 30.3 Å². The minimum Gasteiger partial charge on any atom is -0.103 e. The molecule has 0 spiro atoms. The van der Waals surface area contributed by atoms with Crippen molar-refractivity contribution in [3.05, 3.63) is 48.0 Å². The van der Waals surface area contributed by atoms with Crippen molar-refractivity contribution in [2.75, 3.05) is 0 Å². The zero-order valence-corrected chi connectivity index (χ0v) is 7.29. The predicted molar refractivity (Wildman–Crippen MR) is 52.3 cm³/mol. The summed E-state index contributed by atoms with van der Waals surface area (Å²) >= 11 is 0. The molecule has 0 nitrogen and oxygen atoms in total. The molecule has 0 heteroatoms. The van der Waals surface area contributed by atoms with Crippen LogP contribution in [0.15, 0.2) is 36.9 Å². The van der Waals surface area contributed by atoms with E-state index >= 15 is 0 Å². The van der Waals surface area contributed by atoms with Crippen molar-refractivity contribution in [2.24, 2.45) is 0 Å². The summed E-state index contributed by atoms with van der Waals surface area (Å²) in [4.78, 5) is 0. The highest BCUT2D eigenvalue weighted by Gasteiger charge is 2.22. The van der Waals surface area contributed by atoms with E-state index in [1.165, 1.54) is 24.0 Å². The van der Waals surface area contributed by atoms with Crippen molar-refractivity contribution >= 4 is 0 Å². The summed E-state index contributed by atoms with van der Waals surface area (Å²) in [6.07, 6.45) is 5.72. The van der Waals surface area contributed by atoms with Crippen LogP contribution >= 0.6 is 0 Å². The highest BCUT2D eigenvalue weighted by atomic mass is 14.3. The Morgan fingerprint density at radius 3 is 2.42 bits per heavy atom. The van der Waals surface area contributed by atoms with Gasteiger partial charge in [0.25, 0.3) is 0 Å². The summed E-state index contributed by atoms with van der Waals surface area (Å²) in [5.41, 5.74) is 2.89. The van der Waals surface area contributed by atoms with Crippen LogP contribution in [0.25, 0.3) is 0 Å². The summed E-state index contributed by atoms with van der Waals surface area (Å²) < 4.78 is 0. The molecule has 1 aliphatic carbocycles. The minimum absolute atomic E-state index is 0.878. The first-order valence-corrected chi connectivity index (χ1v) is 4.60. The summed E-state index contributed by atoms with van der Waals surface area (Å²) in [5.74, 6) is 0.878. The molecule has 1 aromatic carbocycles. The molecular weight excluding hydrogens is 144 g/mol. The molecule has 0 amide bonds. The van der Waals surface area contributed by atoms with Gasteiger partial charge >= 0.3 is 0 Å². The molecule has 1 aromatic rings. The van der Waals surface area contributed by atoms with Crippen molar-refractivity contribution in [1.29, 1.82) is 0 Å². The van der Waals surface area contributed by atoms with E-state index in [4.69, 9.17) is 0 Å². The molecule has 0 bridgehead atoms. The van der Waals surface area contributed by atoms with Gasteiger partial charge in [0.2, 0.25) is 0 Å². The van der Waals surface area contributed by atoms with Gasteiger partial charge in [0.1, 0.15) is 0 Å². The van der Waals surface area contributed by atoms with Crippen molar-refractivity contribution in [3.8, 4) is 0 Å². The van der Waals surface area contributed by atoms with E-state index in [1.807, 2.05) is 6.08 Å². The maximum atomic E-state index is 3.73. The van der Waals surface area contributed by atoms with E-state index in [0.717, 1.165) is 12.3 Å². The highest BCUT2D eigenvalue weighted by molar-refractivity contribution is 5.28. The molecule has 12 heavy (non-hydrogen) atoms. The number of hydrogen-bond donors (Lipinski definition) is 0. The molecule has 0 radical (unpaired) electrons. The third-order valence-electron chi connectivity index (χ3n) is 2.41. The normalized spacial score (nSPS) is 16.0. The molecule has 0 saturated heterocycles. The van der Waals surface area contributed by atoms with Crippen LogP contribution in [0.4, 0.5) is 0 Å². The standard InChI is InChI=1S/C12H14/c1-2-3-10-4-6-11(7-5-10)12-8-9-12/h2,4-7,12H,1,3,8-9H2. The van der Waals surface area contributed by atoms with Gasteiger partial charge < -0.3 is 0 Å². The summed E-state index contributed by atoms with van der Waals surface area (Å²) in [7, 11) is 0. The fraction of sp³-hybridized carbons (Fsp3) is 0.333. The van der Waals surface area contributed by atoms with Gasteiger partial charge in [0, 0.05) is 0 Å². The SMILES string of the molecule is C=CCc1ccc(C2CC2)cc1. The van der Waals surface area contributed by atoms with Crippen molar-refractivity contribution in [3.63, 3.8) is 0 Å². The minimum atomic E-state index is 0.878. The molecule has 2 rings (SSSR count). The summed E-state index contributed by atoms with van der Waals surface area (Å²) in [6, 6.07) is 8.96. The molecule has 0 aromatic heterocycles. The Morgan fingerprint density at radius 1 is 1.25 bits per heavy atom. The monoisotopic (exact) mass is 158 g/mol. The van der Waals surface area contributed by atoms with Crippen LogP contribution in [0.2, 0.25) is 0 Å². The molecule has 0 atom stereocenters. The fourth-order valence-corrected chi connectivity index (χ4v) is 1.51. The second-order valence-electron chi connectivity index (χ2n) is 3.51. The van der Waals surface area contributed by atoms with Gasteiger partial charge in [-0.05, 0) is 36.3 Å². The molecular formula is C12H14. The van der Waals surface area contributed by atoms with Gasteiger partial charge in [0.05, 0.1) is 0 Å². The summed E-state index contributed by atoms with van der Waals surface area (Å²) in [5, 5.41) is 0. The Bertz CT molecular complexity index is 265. The van der Waals surface area contributed by atoms with Gasteiger partial charge in [-0.3, -0.25) is 0 Å². The third kappa shape index (κ3) is 1.58. The number of hydrogen-bond acceptors (Lipinski definition) is 0. The lowest BCUT2D eigenvalue weighted by atomic mass is 10.1. The van der Waals surface area contributed by atoms with Crippen molar-refractivity contribution in [1.82, 2.24) is 0 Å². The second kappa shape index (κ2) is 3.14. The van der Waals surface area contributed by atoms with Gasteiger partial charge in [0.15, 0.2) is 0 Å². The van der Waals surface area contributed by atoms with E-state index in [0.29, 0.717) is 0 Å². The van der Waals surface area contributed by atoms with Crippen molar-refractivity contribution < 1.29 is 0 Å². The average Bonchev–Trinajstić information content (AvgIpc) is 2.89. The smallest absolute Gasteiger partial charge is 0.0100 e. The van der Waals surface area contributed by atoms with Crippen LogP contribution < -0.4 is 0 Å². The van der Waals surface area contributed by atoms with Crippen LogP contribution in [0.5, 0.6) is 0 Å². The number of allylic oxidation sites excluding steroid dienone is 1. The Labute approximate surface area is 73.9 Å². The lowest BCUT2D eigenvalue weighted by Crippen LogP contribution is -1.82. The maximum absolute atomic E-state index is 3.73. The molecule has 1 fully saturated rings. The van der Waals surface area contributed by atoms with E-state index in [9.17, 15) is 0 Å². The highest BCUT2D eigenvalue weighted by Crippen LogP contribution is 2.39. The van der Waals surface area contributed by atoms with Crippen LogP contribution in [0, 0.1) is 0 Å². The third-order valence-corrected chi connectivity index (χ3v) is 2.41. The fourth-order valence-electron chi connectivity index (χ4n) is 1.51. The maximum Gasteiger partial charge on any atom is -0.0100 e. The van der Waals surface area contributed by atoms with Crippen LogP contribution in [0.3, 0.4) is 0 Å². The van der Waals surface area contributed by atoms with E-state index in [1.54, 1.807) is 0 Å².